The van der Waals surface area contributed by atoms with Crippen LogP contribution in [0.1, 0.15) is 32.3 Å². The summed E-state index contributed by atoms with van der Waals surface area (Å²) in [5.74, 6) is 7.36. The number of nitrogens with two attached hydrogens (primary N) is 1. The van der Waals surface area contributed by atoms with Crippen LogP contribution in [0.2, 0.25) is 0 Å². The molecule has 7 nitrogen and oxygen atoms in total. The van der Waals surface area contributed by atoms with Crippen LogP contribution in [0.4, 0.5) is 11.6 Å². The highest BCUT2D eigenvalue weighted by Crippen LogP contribution is 2.32. The molecule has 0 bridgehead atoms. The summed E-state index contributed by atoms with van der Waals surface area (Å²) in [6, 6.07) is -0.105. The van der Waals surface area contributed by atoms with Gasteiger partial charge < -0.3 is 10.3 Å². The molecule has 1 unspecified atom stereocenters. The quantitative estimate of drug-likeness (QED) is 0.619. The first-order valence-corrected chi connectivity index (χ1v) is 8.46. The van der Waals surface area contributed by atoms with Crippen LogP contribution in [0.5, 0.6) is 0 Å². The summed E-state index contributed by atoms with van der Waals surface area (Å²) in [6.45, 7) is 6.42. The summed E-state index contributed by atoms with van der Waals surface area (Å²) >= 11 is 0. The summed E-state index contributed by atoms with van der Waals surface area (Å²) in [5.41, 5.74) is 3.51. The van der Waals surface area contributed by atoms with E-state index >= 15 is 0 Å². The van der Waals surface area contributed by atoms with Crippen LogP contribution in [-0.2, 0) is 9.84 Å². The third kappa shape index (κ3) is 2.85. The minimum absolute atomic E-state index is 0.105. The first-order chi connectivity index (χ1) is 9.35. The van der Waals surface area contributed by atoms with E-state index in [-0.39, 0.29) is 23.5 Å². The van der Waals surface area contributed by atoms with Gasteiger partial charge in [0.1, 0.15) is 18.0 Å². The SMILES string of the molecule is CC(C)c1c(NN)ncnc1N1CCS(=O)(=O)CC1C. The molecule has 2 rings (SSSR count). The molecule has 0 amide bonds. The van der Waals surface area contributed by atoms with E-state index in [0.29, 0.717) is 12.4 Å². The van der Waals surface area contributed by atoms with Crippen LogP contribution in [0.15, 0.2) is 6.33 Å². The molecule has 112 valence electrons. The second-order valence-electron chi connectivity index (χ2n) is 5.42. The van der Waals surface area contributed by atoms with Gasteiger partial charge in [-0.2, -0.15) is 0 Å². The largest absolute Gasteiger partial charge is 0.351 e. The van der Waals surface area contributed by atoms with Gasteiger partial charge in [0.05, 0.1) is 11.5 Å². The molecule has 0 radical (unpaired) electrons. The maximum Gasteiger partial charge on any atom is 0.154 e. The molecule has 1 aromatic rings. The number of nitrogen functional groups attached to an aromatic ring is 1. The second kappa shape index (κ2) is 5.53. The van der Waals surface area contributed by atoms with E-state index in [9.17, 15) is 8.42 Å². The number of hydrazine groups is 1. The van der Waals surface area contributed by atoms with Crippen molar-refractivity contribution in [2.45, 2.75) is 32.7 Å². The average molecular weight is 299 g/mol. The van der Waals surface area contributed by atoms with E-state index in [1.807, 2.05) is 25.7 Å². The Labute approximate surface area is 119 Å². The van der Waals surface area contributed by atoms with Crippen molar-refractivity contribution in [3.63, 3.8) is 0 Å². The lowest BCUT2D eigenvalue weighted by molar-refractivity contribution is 0.565. The Morgan fingerprint density at radius 1 is 1.45 bits per heavy atom. The third-order valence-electron chi connectivity index (χ3n) is 3.52. The Balaban J connectivity index is 2.43. The lowest BCUT2D eigenvalue weighted by atomic mass is 10.0. The Morgan fingerprint density at radius 3 is 2.70 bits per heavy atom. The normalized spacial score (nSPS) is 22.1. The highest BCUT2D eigenvalue weighted by Gasteiger charge is 2.31. The van der Waals surface area contributed by atoms with Crippen LogP contribution in [0.3, 0.4) is 0 Å². The molecular weight excluding hydrogens is 278 g/mol. The Kier molecular flexibility index (Phi) is 4.14. The van der Waals surface area contributed by atoms with Crippen molar-refractivity contribution in [3.8, 4) is 0 Å². The smallest absolute Gasteiger partial charge is 0.154 e. The molecule has 0 aliphatic carbocycles. The monoisotopic (exact) mass is 299 g/mol. The molecule has 0 aromatic carbocycles. The molecule has 1 atom stereocenters. The van der Waals surface area contributed by atoms with Gasteiger partial charge in [0.25, 0.3) is 0 Å². The number of nitrogens with zero attached hydrogens (tertiary/aromatic N) is 3. The van der Waals surface area contributed by atoms with Crippen LogP contribution >= 0.6 is 0 Å². The molecule has 1 fully saturated rings. The lowest BCUT2D eigenvalue weighted by Crippen LogP contribution is -2.47. The molecule has 1 saturated heterocycles. The van der Waals surface area contributed by atoms with Gasteiger partial charge >= 0.3 is 0 Å². The molecule has 20 heavy (non-hydrogen) atoms. The summed E-state index contributed by atoms with van der Waals surface area (Å²) in [6.07, 6.45) is 1.45. The predicted molar refractivity (Wildman–Crippen MR) is 79.4 cm³/mol. The van der Waals surface area contributed by atoms with Gasteiger partial charge in [-0.25, -0.2) is 24.2 Å². The number of rotatable bonds is 3. The Bertz CT molecular complexity index is 588. The average Bonchev–Trinajstić information content (AvgIpc) is 2.36. The highest BCUT2D eigenvalue weighted by molar-refractivity contribution is 7.91. The zero-order chi connectivity index (χ0) is 14.9. The molecule has 0 spiro atoms. The first-order valence-electron chi connectivity index (χ1n) is 6.64. The van der Waals surface area contributed by atoms with Crippen molar-refractivity contribution < 1.29 is 8.42 Å². The maximum atomic E-state index is 11.7. The van der Waals surface area contributed by atoms with Crippen molar-refractivity contribution in [1.29, 1.82) is 0 Å². The van der Waals surface area contributed by atoms with Gasteiger partial charge in [-0.15, -0.1) is 0 Å². The minimum atomic E-state index is -2.95. The summed E-state index contributed by atoms with van der Waals surface area (Å²) < 4.78 is 23.4. The molecule has 1 aliphatic heterocycles. The van der Waals surface area contributed by atoms with Crippen LogP contribution in [0, 0.1) is 0 Å². The van der Waals surface area contributed by atoms with Gasteiger partial charge in [0.15, 0.2) is 9.84 Å². The van der Waals surface area contributed by atoms with Crippen molar-refractivity contribution in [2.75, 3.05) is 28.4 Å². The molecule has 0 saturated carbocycles. The summed E-state index contributed by atoms with van der Waals surface area (Å²) in [5, 5.41) is 0. The number of aromatic nitrogens is 2. The van der Waals surface area contributed by atoms with E-state index in [4.69, 9.17) is 5.84 Å². The minimum Gasteiger partial charge on any atom is -0.351 e. The molecular formula is C12H21N5O2S. The topological polar surface area (TPSA) is 101 Å². The second-order valence-corrected chi connectivity index (χ2v) is 7.64. The number of hydrogen-bond acceptors (Lipinski definition) is 7. The number of anilines is 2. The Hall–Kier alpha value is -1.41. The van der Waals surface area contributed by atoms with E-state index in [1.54, 1.807) is 0 Å². The van der Waals surface area contributed by atoms with Gasteiger partial charge in [0, 0.05) is 18.2 Å². The van der Waals surface area contributed by atoms with Crippen LogP contribution in [0.25, 0.3) is 0 Å². The molecule has 1 aromatic heterocycles. The fraction of sp³-hybridized carbons (Fsp3) is 0.667. The Morgan fingerprint density at radius 2 is 2.15 bits per heavy atom. The molecule has 3 N–H and O–H groups in total. The van der Waals surface area contributed by atoms with Crippen molar-refractivity contribution >= 4 is 21.5 Å². The first kappa shape index (κ1) is 15.0. The number of nitrogens with one attached hydrogen (secondary N) is 1. The highest BCUT2D eigenvalue weighted by atomic mass is 32.2. The van der Waals surface area contributed by atoms with Crippen LogP contribution in [-0.4, -0.2) is 42.5 Å². The molecule has 8 heteroatoms. The van der Waals surface area contributed by atoms with Gasteiger partial charge in [-0.3, -0.25) is 0 Å². The summed E-state index contributed by atoms with van der Waals surface area (Å²) in [7, 11) is -2.95. The fourth-order valence-corrected chi connectivity index (χ4v) is 4.13. The lowest BCUT2D eigenvalue weighted by Gasteiger charge is -2.36. The molecule has 1 aliphatic rings. The van der Waals surface area contributed by atoms with E-state index < -0.39 is 9.84 Å². The van der Waals surface area contributed by atoms with E-state index in [2.05, 4.69) is 15.4 Å². The van der Waals surface area contributed by atoms with E-state index in [0.717, 1.165) is 11.4 Å². The van der Waals surface area contributed by atoms with Crippen molar-refractivity contribution in [3.05, 3.63) is 11.9 Å². The van der Waals surface area contributed by atoms with Gasteiger partial charge in [-0.1, -0.05) is 13.8 Å². The van der Waals surface area contributed by atoms with E-state index in [1.165, 1.54) is 6.33 Å². The zero-order valence-electron chi connectivity index (χ0n) is 12.0. The molecule has 2 heterocycles. The summed E-state index contributed by atoms with van der Waals surface area (Å²) in [4.78, 5) is 10.5. The predicted octanol–water partition coefficient (Wildman–Crippen LogP) is 0.509. The zero-order valence-corrected chi connectivity index (χ0v) is 12.8. The number of sulfone groups is 1. The van der Waals surface area contributed by atoms with Crippen molar-refractivity contribution in [2.24, 2.45) is 5.84 Å². The van der Waals surface area contributed by atoms with Gasteiger partial charge in [-0.05, 0) is 12.8 Å². The van der Waals surface area contributed by atoms with Crippen LogP contribution < -0.4 is 16.2 Å². The standard InChI is InChI=1S/C12H21N5O2S/c1-8(2)10-11(16-13)14-7-15-12(10)17-4-5-20(18,19)6-9(17)3/h7-9H,4-6,13H2,1-3H3,(H,14,15,16). The van der Waals surface area contributed by atoms with Crippen molar-refractivity contribution in [1.82, 2.24) is 9.97 Å². The fourth-order valence-electron chi connectivity index (χ4n) is 2.58. The van der Waals surface area contributed by atoms with Gasteiger partial charge in [0.2, 0.25) is 0 Å². The number of hydrogen-bond donors (Lipinski definition) is 2. The maximum absolute atomic E-state index is 11.7. The third-order valence-corrected chi connectivity index (χ3v) is 5.31.